The number of aromatic nitrogens is 2. The number of methoxy groups -OCH3 is 1. The number of benzene rings is 1. The van der Waals surface area contributed by atoms with E-state index >= 15 is 0 Å². The molecule has 12 heteroatoms. The van der Waals surface area contributed by atoms with Crippen molar-refractivity contribution in [3.8, 4) is 17.0 Å². The van der Waals surface area contributed by atoms with Gasteiger partial charge in [0, 0.05) is 21.8 Å². The minimum Gasteiger partial charge on any atom is -0.479 e. The van der Waals surface area contributed by atoms with Crippen LogP contribution in [-0.2, 0) is 6.54 Å². The van der Waals surface area contributed by atoms with Gasteiger partial charge in [0.2, 0.25) is 5.76 Å². The van der Waals surface area contributed by atoms with E-state index in [1.165, 1.54) is 25.4 Å². The Morgan fingerprint density at radius 3 is 2.65 bits per heavy atom. The van der Waals surface area contributed by atoms with E-state index in [0.29, 0.717) is 21.2 Å². The highest BCUT2D eigenvalue weighted by Crippen LogP contribution is 2.32. The van der Waals surface area contributed by atoms with E-state index in [-0.39, 0.29) is 23.9 Å². The van der Waals surface area contributed by atoms with Crippen molar-refractivity contribution < 1.29 is 23.2 Å². The summed E-state index contributed by atoms with van der Waals surface area (Å²) >= 11 is 12.2. The van der Waals surface area contributed by atoms with Crippen LogP contribution in [0.2, 0.25) is 10.0 Å². The first kappa shape index (κ1) is 22.3. The summed E-state index contributed by atoms with van der Waals surface area (Å²) in [7, 11) is 1.36. The first-order valence-electron chi connectivity index (χ1n) is 8.73. The lowest BCUT2D eigenvalue weighted by Gasteiger charge is -2.11. The molecule has 0 atom stereocenters. The van der Waals surface area contributed by atoms with Crippen molar-refractivity contribution in [2.75, 3.05) is 7.11 Å². The van der Waals surface area contributed by atoms with Crippen LogP contribution in [0.4, 0.5) is 9.18 Å². The molecule has 0 saturated heterocycles. The minimum atomic E-state index is -0.789. The van der Waals surface area contributed by atoms with Gasteiger partial charge in [0.05, 0.1) is 25.4 Å². The Balaban J connectivity index is 1.58. The maximum absolute atomic E-state index is 14.5. The van der Waals surface area contributed by atoms with Gasteiger partial charge in [-0.05, 0) is 41.4 Å². The van der Waals surface area contributed by atoms with Crippen molar-refractivity contribution in [3.63, 3.8) is 0 Å². The molecule has 162 valence electrons. The molecule has 0 aliphatic carbocycles. The summed E-state index contributed by atoms with van der Waals surface area (Å²) in [6, 6.07) is 4.99. The SMILES string of the molecule is COc1cc(C(=O)NNC(=O)NCc2ncc(-c3cc(Cl)cc(Cl)c3C)cc2F)on1. The van der Waals surface area contributed by atoms with Gasteiger partial charge in [-0.25, -0.2) is 14.6 Å². The van der Waals surface area contributed by atoms with Crippen LogP contribution in [0, 0.1) is 12.7 Å². The zero-order chi connectivity index (χ0) is 22.5. The summed E-state index contributed by atoms with van der Waals surface area (Å²) in [5, 5.41) is 6.70. The quantitative estimate of drug-likeness (QED) is 0.492. The second kappa shape index (κ2) is 9.63. The van der Waals surface area contributed by atoms with Gasteiger partial charge in [0.1, 0.15) is 5.82 Å². The Labute approximate surface area is 185 Å². The number of nitrogens with one attached hydrogen (secondary N) is 3. The van der Waals surface area contributed by atoms with Gasteiger partial charge < -0.3 is 14.6 Å². The van der Waals surface area contributed by atoms with Crippen molar-refractivity contribution in [2.45, 2.75) is 13.5 Å². The molecule has 31 heavy (non-hydrogen) atoms. The zero-order valence-corrected chi connectivity index (χ0v) is 17.8. The topological polar surface area (TPSA) is 118 Å². The van der Waals surface area contributed by atoms with Gasteiger partial charge >= 0.3 is 11.9 Å². The molecule has 0 bridgehead atoms. The summed E-state index contributed by atoms with van der Waals surface area (Å²) in [6.45, 7) is 1.56. The van der Waals surface area contributed by atoms with E-state index in [1.807, 2.05) is 0 Å². The third kappa shape index (κ3) is 5.41. The number of rotatable bonds is 5. The standard InChI is InChI=1S/C19H16Cl2FN5O4/c1-9-12(4-11(20)5-13(9)21)10-3-14(22)15(23-7-10)8-24-19(29)26-25-18(28)16-6-17(30-2)27-31-16/h3-7H,8H2,1-2H3,(H,25,28)(H2,24,26,29). The molecule has 0 aliphatic heterocycles. The second-order valence-electron chi connectivity index (χ2n) is 6.21. The smallest absolute Gasteiger partial charge is 0.333 e. The lowest BCUT2D eigenvalue weighted by molar-refractivity contribution is 0.0899. The molecule has 0 aliphatic rings. The molecule has 0 saturated carbocycles. The molecule has 2 aromatic heterocycles. The summed E-state index contributed by atoms with van der Waals surface area (Å²) in [5.74, 6) is -1.45. The molecule has 2 heterocycles. The number of amides is 3. The summed E-state index contributed by atoms with van der Waals surface area (Å²) < 4.78 is 24.0. The molecule has 3 rings (SSSR count). The number of halogens is 3. The Bertz CT molecular complexity index is 1140. The Morgan fingerprint density at radius 1 is 1.19 bits per heavy atom. The van der Waals surface area contributed by atoms with Crippen LogP contribution in [0.3, 0.4) is 0 Å². The van der Waals surface area contributed by atoms with Gasteiger partial charge in [0.15, 0.2) is 0 Å². The number of hydrogen-bond acceptors (Lipinski definition) is 6. The van der Waals surface area contributed by atoms with Gasteiger partial charge in [-0.2, -0.15) is 0 Å². The Morgan fingerprint density at radius 2 is 1.97 bits per heavy atom. The molecule has 0 radical (unpaired) electrons. The lowest BCUT2D eigenvalue weighted by Crippen LogP contribution is -2.46. The van der Waals surface area contributed by atoms with Crippen LogP contribution in [0.1, 0.15) is 21.8 Å². The van der Waals surface area contributed by atoms with Gasteiger partial charge in [-0.1, -0.05) is 23.2 Å². The number of urea groups is 1. The third-order valence-corrected chi connectivity index (χ3v) is 4.78. The second-order valence-corrected chi connectivity index (χ2v) is 7.05. The maximum atomic E-state index is 14.5. The third-order valence-electron chi connectivity index (χ3n) is 4.16. The monoisotopic (exact) mass is 467 g/mol. The van der Waals surface area contributed by atoms with E-state index < -0.39 is 17.8 Å². The van der Waals surface area contributed by atoms with Gasteiger partial charge in [-0.3, -0.25) is 15.2 Å². The lowest BCUT2D eigenvalue weighted by atomic mass is 10.0. The molecule has 3 aromatic rings. The maximum Gasteiger partial charge on any atom is 0.333 e. The van der Waals surface area contributed by atoms with Crippen molar-refractivity contribution in [2.24, 2.45) is 0 Å². The molecule has 9 nitrogen and oxygen atoms in total. The van der Waals surface area contributed by atoms with Crippen molar-refractivity contribution in [1.82, 2.24) is 26.3 Å². The van der Waals surface area contributed by atoms with Crippen LogP contribution in [0.5, 0.6) is 5.88 Å². The highest BCUT2D eigenvalue weighted by Gasteiger charge is 2.15. The highest BCUT2D eigenvalue weighted by atomic mass is 35.5. The van der Waals surface area contributed by atoms with E-state index in [2.05, 4.69) is 26.3 Å². The average molecular weight is 468 g/mol. The number of hydrazine groups is 1. The summed E-state index contributed by atoms with van der Waals surface area (Å²) in [5.41, 5.74) is 6.07. The predicted molar refractivity (Wildman–Crippen MR) is 110 cm³/mol. The molecule has 0 fully saturated rings. The number of ether oxygens (including phenoxy) is 1. The zero-order valence-electron chi connectivity index (χ0n) is 16.3. The average Bonchev–Trinajstić information content (AvgIpc) is 3.23. The largest absolute Gasteiger partial charge is 0.479 e. The number of pyridine rings is 1. The Hall–Kier alpha value is -3.37. The van der Waals surface area contributed by atoms with Crippen LogP contribution in [-0.4, -0.2) is 29.2 Å². The first-order chi connectivity index (χ1) is 14.8. The van der Waals surface area contributed by atoms with E-state index in [4.69, 9.17) is 32.5 Å². The minimum absolute atomic E-state index is 0.00373. The van der Waals surface area contributed by atoms with Crippen molar-refractivity contribution >= 4 is 35.1 Å². The van der Waals surface area contributed by atoms with Crippen LogP contribution < -0.4 is 20.9 Å². The molecule has 0 unspecified atom stereocenters. The van der Waals surface area contributed by atoms with E-state index in [9.17, 15) is 14.0 Å². The highest BCUT2D eigenvalue weighted by molar-refractivity contribution is 6.35. The fourth-order valence-electron chi connectivity index (χ4n) is 2.53. The van der Waals surface area contributed by atoms with Crippen LogP contribution in [0.15, 0.2) is 35.0 Å². The summed E-state index contributed by atoms with van der Waals surface area (Å²) in [6.07, 6.45) is 1.45. The van der Waals surface area contributed by atoms with Crippen molar-refractivity contribution in [1.29, 1.82) is 0 Å². The fraction of sp³-hybridized carbons (Fsp3) is 0.158. The fourth-order valence-corrected chi connectivity index (χ4v) is 3.03. The van der Waals surface area contributed by atoms with Gasteiger partial charge in [-0.15, -0.1) is 0 Å². The predicted octanol–water partition coefficient (Wildman–Crippen LogP) is 3.64. The Kier molecular flexibility index (Phi) is 6.93. The first-order valence-corrected chi connectivity index (χ1v) is 9.49. The van der Waals surface area contributed by atoms with E-state index in [1.54, 1.807) is 19.1 Å². The number of nitrogens with zero attached hydrogens (tertiary/aromatic N) is 2. The normalized spacial score (nSPS) is 10.5. The molecule has 0 spiro atoms. The van der Waals surface area contributed by atoms with Gasteiger partial charge in [0.25, 0.3) is 5.88 Å². The molecule has 1 aromatic carbocycles. The molecular weight excluding hydrogens is 452 g/mol. The van der Waals surface area contributed by atoms with E-state index in [0.717, 1.165) is 5.56 Å². The molecule has 3 N–H and O–H groups in total. The van der Waals surface area contributed by atoms with Crippen molar-refractivity contribution in [3.05, 3.63) is 63.3 Å². The summed E-state index contributed by atoms with van der Waals surface area (Å²) in [4.78, 5) is 27.7. The number of carbonyl (C=O) groups is 2. The molecule has 3 amide bonds. The number of carbonyl (C=O) groups excluding carboxylic acids is 2. The number of hydrogen-bond donors (Lipinski definition) is 3. The van der Waals surface area contributed by atoms with Crippen LogP contribution >= 0.6 is 23.2 Å². The molecular formula is C19H16Cl2FN5O4. The van der Waals surface area contributed by atoms with Crippen LogP contribution in [0.25, 0.3) is 11.1 Å².